The Morgan fingerprint density at radius 1 is 1.09 bits per heavy atom. The van der Waals surface area contributed by atoms with Gasteiger partial charge in [0.05, 0.1) is 5.52 Å². The zero-order valence-corrected chi connectivity index (χ0v) is 11.7. The molecule has 0 spiro atoms. The second-order valence-electron chi connectivity index (χ2n) is 5.09. The molecule has 1 N–H and O–H groups in total. The van der Waals surface area contributed by atoms with Gasteiger partial charge in [0, 0.05) is 29.1 Å². The van der Waals surface area contributed by atoms with Crippen molar-refractivity contribution >= 4 is 16.7 Å². The van der Waals surface area contributed by atoms with Gasteiger partial charge in [-0.25, -0.2) is 4.39 Å². The maximum absolute atomic E-state index is 13.2. The van der Waals surface area contributed by atoms with E-state index in [1.165, 1.54) is 12.1 Å². The Hall–Kier alpha value is -2.59. The normalized spacial score (nSPS) is 12.3. The molecule has 0 radical (unpaired) electrons. The molecule has 110 valence electrons. The number of Topliss-reactive ketones (excluding diaryl/α,β-unsaturated/α-hetero) is 1. The number of nitrogens with zero attached hydrogens (tertiary/aromatic N) is 1. The summed E-state index contributed by atoms with van der Waals surface area (Å²) >= 11 is 0. The third-order valence-electron chi connectivity index (χ3n) is 3.48. The van der Waals surface area contributed by atoms with Crippen LogP contribution in [0.4, 0.5) is 4.39 Å². The molecule has 1 heterocycles. The van der Waals surface area contributed by atoms with E-state index in [0.29, 0.717) is 16.8 Å². The lowest BCUT2D eigenvalue weighted by molar-refractivity contribution is 0.0746. The van der Waals surface area contributed by atoms with Crippen molar-refractivity contribution in [2.45, 2.75) is 12.5 Å². The minimum absolute atomic E-state index is 0.0974. The highest BCUT2D eigenvalue weighted by Crippen LogP contribution is 2.16. The molecule has 0 saturated carbocycles. The van der Waals surface area contributed by atoms with Gasteiger partial charge in [-0.15, -0.1) is 0 Å². The van der Waals surface area contributed by atoms with Gasteiger partial charge < -0.3 is 5.11 Å². The van der Waals surface area contributed by atoms with Crippen molar-refractivity contribution in [2.24, 2.45) is 0 Å². The lowest BCUT2D eigenvalue weighted by atomic mass is 10.0. The predicted octanol–water partition coefficient (Wildman–Crippen LogP) is 3.16. The quantitative estimate of drug-likeness (QED) is 0.752. The fraction of sp³-hybridized carbons (Fsp3) is 0.111. The Balaban J connectivity index is 1.82. The number of carbonyl (C=O) groups excluding carboxylic acids is 1. The molecule has 22 heavy (non-hydrogen) atoms. The van der Waals surface area contributed by atoms with E-state index in [1.54, 1.807) is 42.5 Å². The maximum atomic E-state index is 13.2. The topological polar surface area (TPSA) is 50.2 Å². The summed E-state index contributed by atoms with van der Waals surface area (Å²) in [5.41, 5.74) is 1.52. The van der Waals surface area contributed by atoms with Gasteiger partial charge in [-0.2, -0.15) is 0 Å². The zero-order chi connectivity index (χ0) is 15.5. The Kier molecular flexibility index (Phi) is 3.94. The van der Waals surface area contributed by atoms with Gasteiger partial charge in [-0.05, 0) is 18.2 Å². The number of carbonyl (C=O) groups is 1. The van der Waals surface area contributed by atoms with Crippen molar-refractivity contribution in [3.63, 3.8) is 0 Å². The summed E-state index contributed by atoms with van der Waals surface area (Å²) in [7, 11) is 0. The van der Waals surface area contributed by atoms with E-state index in [0.717, 1.165) is 5.39 Å². The smallest absolute Gasteiger partial charge is 0.191 e. The number of aliphatic hydroxyl groups excluding tert-OH is 1. The molecule has 0 bridgehead atoms. The summed E-state index contributed by atoms with van der Waals surface area (Å²) in [6, 6.07) is 16.5. The molecule has 2 aromatic carbocycles. The standard InChI is InChI=1S/C18H14FNO2/c19-14-8-6-12-7-9-15(20-16(12)10-14)11-17(21)18(22)13-4-2-1-3-5-13/h1-10,17,21H,11H2. The molecule has 3 aromatic rings. The first-order chi connectivity index (χ1) is 10.6. The van der Waals surface area contributed by atoms with Crippen LogP contribution in [0.15, 0.2) is 60.7 Å². The SMILES string of the molecule is O=C(c1ccccc1)C(O)Cc1ccc2ccc(F)cc2n1. The zero-order valence-electron chi connectivity index (χ0n) is 11.7. The second-order valence-corrected chi connectivity index (χ2v) is 5.09. The number of aliphatic hydroxyl groups is 1. The minimum Gasteiger partial charge on any atom is -0.385 e. The average molecular weight is 295 g/mol. The van der Waals surface area contributed by atoms with E-state index in [1.807, 2.05) is 6.07 Å². The molecular formula is C18H14FNO2. The van der Waals surface area contributed by atoms with Gasteiger partial charge >= 0.3 is 0 Å². The number of hydrogen-bond donors (Lipinski definition) is 1. The van der Waals surface area contributed by atoms with Crippen molar-refractivity contribution in [3.05, 3.63) is 77.7 Å². The van der Waals surface area contributed by atoms with Crippen LogP contribution in [0, 0.1) is 5.82 Å². The number of fused-ring (bicyclic) bond motifs is 1. The van der Waals surface area contributed by atoms with Crippen LogP contribution in [0.5, 0.6) is 0 Å². The van der Waals surface area contributed by atoms with Crippen molar-refractivity contribution < 1.29 is 14.3 Å². The van der Waals surface area contributed by atoms with Crippen molar-refractivity contribution in [1.29, 1.82) is 0 Å². The highest BCUT2D eigenvalue weighted by atomic mass is 19.1. The van der Waals surface area contributed by atoms with Crippen LogP contribution in [0.3, 0.4) is 0 Å². The highest BCUT2D eigenvalue weighted by Gasteiger charge is 2.18. The number of pyridine rings is 1. The molecule has 0 aliphatic rings. The summed E-state index contributed by atoms with van der Waals surface area (Å²) < 4.78 is 13.2. The Morgan fingerprint density at radius 3 is 2.59 bits per heavy atom. The summed E-state index contributed by atoms with van der Waals surface area (Å²) in [6.07, 6.45) is -1.07. The van der Waals surface area contributed by atoms with Gasteiger partial charge in [-0.1, -0.05) is 36.4 Å². The molecule has 0 aliphatic heterocycles. The first-order valence-corrected chi connectivity index (χ1v) is 6.96. The summed E-state index contributed by atoms with van der Waals surface area (Å²) in [5.74, 6) is -0.709. The summed E-state index contributed by atoms with van der Waals surface area (Å²) in [6.45, 7) is 0. The first-order valence-electron chi connectivity index (χ1n) is 6.96. The Morgan fingerprint density at radius 2 is 1.82 bits per heavy atom. The Bertz CT molecular complexity index is 818. The van der Waals surface area contributed by atoms with Crippen molar-refractivity contribution in [1.82, 2.24) is 4.98 Å². The van der Waals surface area contributed by atoms with E-state index in [4.69, 9.17) is 0 Å². The average Bonchev–Trinajstić information content (AvgIpc) is 2.54. The van der Waals surface area contributed by atoms with Gasteiger partial charge in [0.1, 0.15) is 11.9 Å². The molecule has 1 atom stereocenters. The Labute approximate surface area is 127 Å². The van der Waals surface area contributed by atoms with Gasteiger partial charge in [0.2, 0.25) is 0 Å². The molecule has 1 unspecified atom stereocenters. The number of benzene rings is 2. The first kappa shape index (κ1) is 14.4. The molecule has 0 aliphatic carbocycles. The van der Waals surface area contributed by atoms with Crippen LogP contribution >= 0.6 is 0 Å². The molecule has 4 heteroatoms. The van der Waals surface area contributed by atoms with Crippen LogP contribution < -0.4 is 0 Å². The summed E-state index contributed by atoms with van der Waals surface area (Å²) in [5, 5.41) is 10.9. The monoisotopic (exact) mass is 295 g/mol. The molecular weight excluding hydrogens is 281 g/mol. The van der Waals surface area contributed by atoms with Crippen LogP contribution in [0.2, 0.25) is 0 Å². The van der Waals surface area contributed by atoms with Crippen LogP contribution in [0.25, 0.3) is 10.9 Å². The van der Waals surface area contributed by atoms with E-state index < -0.39 is 6.10 Å². The molecule has 0 saturated heterocycles. The van der Waals surface area contributed by atoms with Crippen LogP contribution in [-0.4, -0.2) is 22.0 Å². The highest BCUT2D eigenvalue weighted by molar-refractivity contribution is 5.99. The molecule has 0 amide bonds. The second kappa shape index (κ2) is 6.03. The van der Waals surface area contributed by atoms with E-state index >= 15 is 0 Å². The van der Waals surface area contributed by atoms with Crippen LogP contribution in [0.1, 0.15) is 16.1 Å². The van der Waals surface area contributed by atoms with Crippen molar-refractivity contribution in [3.8, 4) is 0 Å². The molecule has 1 aromatic heterocycles. The number of halogens is 1. The molecule has 3 rings (SSSR count). The maximum Gasteiger partial charge on any atom is 0.191 e. The third-order valence-corrected chi connectivity index (χ3v) is 3.48. The van der Waals surface area contributed by atoms with Gasteiger partial charge in [-0.3, -0.25) is 9.78 Å². The number of rotatable bonds is 4. The largest absolute Gasteiger partial charge is 0.385 e. The fourth-order valence-electron chi connectivity index (χ4n) is 2.33. The van der Waals surface area contributed by atoms with E-state index in [9.17, 15) is 14.3 Å². The number of aromatic nitrogens is 1. The van der Waals surface area contributed by atoms with Gasteiger partial charge in [0.25, 0.3) is 0 Å². The van der Waals surface area contributed by atoms with E-state index in [-0.39, 0.29) is 18.0 Å². The fourth-order valence-corrected chi connectivity index (χ4v) is 2.33. The number of ketones is 1. The number of hydrogen-bond acceptors (Lipinski definition) is 3. The van der Waals surface area contributed by atoms with Crippen molar-refractivity contribution in [2.75, 3.05) is 0 Å². The van der Waals surface area contributed by atoms with Crippen LogP contribution in [-0.2, 0) is 6.42 Å². The molecule has 0 fully saturated rings. The van der Waals surface area contributed by atoms with E-state index in [2.05, 4.69) is 4.98 Å². The lowest BCUT2D eigenvalue weighted by Gasteiger charge is -2.10. The van der Waals surface area contributed by atoms with Gasteiger partial charge in [0.15, 0.2) is 5.78 Å². The molecule has 3 nitrogen and oxygen atoms in total. The minimum atomic E-state index is -1.17. The lowest BCUT2D eigenvalue weighted by Crippen LogP contribution is -2.23. The predicted molar refractivity (Wildman–Crippen MR) is 82.2 cm³/mol. The third kappa shape index (κ3) is 3.02. The summed E-state index contributed by atoms with van der Waals surface area (Å²) in [4.78, 5) is 16.4.